The van der Waals surface area contributed by atoms with Gasteiger partial charge in [-0.2, -0.15) is 5.10 Å². The molecule has 0 unspecified atom stereocenters. The van der Waals surface area contributed by atoms with Crippen molar-refractivity contribution in [2.75, 3.05) is 31.1 Å². The van der Waals surface area contributed by atoms with Gasteiger partial charge < -0.3 is 15.5 Å². The van der Waals surface area contributed by atoms with Crippen molar-refractivity contribution in [2.24, 2.45) is 12.0 Å². The molecule has 0 fully saturated rings. The van der Waals surface area contributed by atoms with Gasteiger partial charge in [0.2, 0.25) is 0 Å². The molecule has 0 saturated heterocycles. The SMILES string of the molecule is CCNC(=NCc1c(C)nn(C)c1C)NCCN(CC)c1cccc(C)c1.I. The summed E-state index contributed by atoms with van der Waals surface area (Å²) in [5.74, 6) is 0.848. The summed E-state index contributed by atoms with van der Waals surface area (Å²) in [5.41, 5.74) is 5.97. The molecule has 0 amide bonds. The normalized spacial score (nSPS) is 11.1. The molecule has 0 aliphatic heterocycles. The number of hydrogen-bond donors (Lipinski definition) is 2. The molecule has 28 heavy (non-hydrogen) atoms. The number of anilines is 1. The van der Waals surface area contributed by atoms with E-state index in [-0.39, 0.29) is 24.0 Å². The third kappa shape index (κ3) is 6.68. The Morgan fingerprint density at radius 2 is 1.93 bits per heavy atom. The summed E-state index contributed by atoms with van der Waals surface area (Å²) in [6.07, 6.45) is 0. The second kappa shape index (κ2) is 11.9. The Balaban J connectivity index is 0.00000392. The van der Waals surface area contributed by atoms with Crippen LogP contribution in [0.25, 0.3) is 0 Å². The molecule has 2 aromatic rings. The van der Waals surface area contributed by atoms with Crippen molar-refractivity contribution < 1.29 is 0 Å². The monoisotopic (exact) mass is 498 g/mol. The fourth-order valence-corrected chi connectivity index (χ4v) is 3.15. The summed E-state index contributed by atoms with van der Waals surface area (Å²) < 4.78 is 1.92. The average molecular weight is 498 g/mol. The number of nitrogens with one attached hydrogen (secondary N) is 2. The molecule has 6 nitrogen and oxygen atoms in total. The molecule has 1 aromatic heterocycles. The van der Waals surface area contributed by atoms with Gasteiger partial charge in [0.05, 0.1) is 12.2 Å². The van der Waals surface area contributed by atoms with Gasteiger partial charge in [0.25, 0.3) is 0 Å². The van der Waals surface area contributed by atoms with Crippen LogP contribution in [0.1, 0.15) is 36.4 Å². The second-order valence-electron chi connectivity index (χ2n) is 6.81. The van der Waals surface area contributed by atoms with Crippen LogP contribution in [0.4, 0.5) is 5.69 Å². The third-order valence-corrected chi connectivity index (χ3v) is 4.82. The number of likely N-dealkylation sites (N-methyl/N-ethyl adjacent to an activating group) is 1. The minimum absolute atomic E-state index is 0. The Hall–Kier alpha value is -1.77. The predicted molar refractivity (Wildman–Crippen MR) is 130 cm³/mol. The second-order valence-corrected chi connectivity index (χ2v) is 6.81. The molecular weight excluding hydrogens is 463 g/mol. The molecule has 0 radical (unpaired) electrons. The lowest BCUT2D eigenvalue weighted by molar-refractivity contribution is 0.729. The van der Waals surface area contributed by atoms with Gasteiger partial charge in [-0.1, -0.05) is 12.1 Å². The summed E-state index contributed by atoms with van der Waals surface area (Å²) in [4.78, 5) is 7.12. The molecule has 2 N–H and O–H groups in total. The number of aryl methyl sites for hydroxylation is 3. The van der Waals surface area contributed by atoms with E-state index in [4.69, 9.17) is 4.99 Å². The standard InChI is InChI=1S/C21H34N6.HI/c1-7-22-21(24-15-20-17(4)25-26(6)18(20)5)23-12-13-27(8-2)19-11-9-10-16(3)14-19;/h9-11,14H,7-8,12-13,15H2,1-6H3,(H2,22,23,24);1H. The summed E-state index contributed by atoms with van der Waals surface area (Å²) in [7, 11) is 1.98. The zero-order valence-electron chi connectivity index (χ0n) is 18.0. The lowest BCUT2D eigenvalue weighted by Gasteiger charge is -2.24. The van der Waals surface area contributed by atoms with E-state index in [1.54, 1.807) is 0 Å². The highest BCUT2D eigenvalue weighted by atomic mass is 127. The van der Waals surface area contributed by atoms with Gasteiger partial charge in [-0.3, -0.25) is 4.68 Å². The number of halogens is 1. The van der Waals surface area contributed by atoms with Crippen LogP contribution in [0.15, 0.2) is 29.3 Å². The lowest BCUT2D eigenvalue weighted by Crippen LogP contribution is -2.41. The van der Waals surface area contributed by atoms with Crippen LogP contribution in [0.2, 0.25) is 0 Å². The topological polar surface area (TPSA) is 57.5 Å². The molecule has 156 valence electrons. The van der Waals surface area contributed by atoms with Gasteiger partial charge in [0.1, 0.15) is 0 Å². The number of benzene rings is 1. The van der Waals surface area contributed by atoms with Gasteiger partial charge in [0.15, 0.2) is 5.96 Å². The molecule has 0 atom stereocenters. The summed E-state index contributed by atoms with van der Waals surface area (Å²) in [5, 5.41) is 11.3. The summed E-state index contributed by atoms with van der Waals surface area (Å²) in [6, 6.07) is 8.65. The highest BCUT2D eigenvalue weighted by Gasteiger charge is 2.09. The largest absolute Gasteiger partial charge is 0.370 e. The van der Waals surface area contributed by atoms with Crippen LogP contribution in [-0.4, -0.2) is 41.9 Å². The molecule has 0 saturated carbocycles. The highest BCUT2D eigenvalue weighted by molar-refractivity contribution is 14.0. The molecule has 1 heterocycles. The molecule has 0 spiro atoms. The minimum atomic E-state index is 0. The van der Waals surface area contributed by atoms with Crippen LogP contribution >= 0.6 is 24.0 Å². The van der Waals surface area contributed by atoms with Gasteiger partial charge in [-0.15, -0.1) is 24.0 Å². The van der Waals surface area contributed by atoms with Gasteiger partial charge >= 0.3 is 0 Å². The third-order valence-electron chi connectivity index (χ3n) is 4.82. The van der Waals surface area contributed by atoms with Crippen molar-refractivity contribution in [1.82, 2.24) is 20.4 Å². The van der Waals surface area contributed by atoms with Crippen molar-refractivity contribution in [3.8, 4) is 0 Å². The van der Waals surface area contributed by atoms with E-state index in [0.717, 1.165) is 37.8 Å². The van der Waals surface area contributed by atoms with E-state index in [1.165, 1.54) is 22.5 Å². The van der Waals surface area contributed by atoms with Crippen LogP contribution in [0, 0.1) is 20.8 Å². The zero-order valence-corrected chi connectivity index (χ0v) is 20.4. The Kier molecular flexibility index (Phi) is 10.3. The zero-order chi connectivity index (χ0) is 19.8. The van der Waals surface area contributed by atoms with Gasteiger partial charge in [0, 0.05) is 50.2 Å². The Labute approximate surface area is 186 Å². The maximum absolute atomic E-state index is 4.75. The van der Waals surface area contributed by atoms with E-state index in [9.17, 15) is 0 Å². The van der Waals surface area contributed by atoms with Crippen molar-refractivity contribution >= 4 is 35.6 Å². The summed E-state index contributed by atoms with van der Waals surface area (Å²) >= 11 is 0. The maximum atomic E-state index is 4.75. The number of aliphatic imine (C=N–C) groups is 1. The van der Waals surface area contributed by atoms with Crippen LogP contribution < -0.4 is 15.5 Å². The van der Waals surface area contributed by atoms with E-state index in [2.05, 4.69) is 72.6 Å². The number of hydrogen-bond acceptors (Lipinski definition) is 3. The number of nitrogens with zero attached hydrogens (tertiary/aromatic N) is 4. The van der Waals surface area contributed by atoms with E-state index >= 15 is 0 Å². The number of guanidine groups is 1. The Morgan fingerprint density at radius 1 is 1.18 bits per heavy atom. The molecule has 0 bridgehead atoms. The molecule has 2 rings (SSSR count). The fourth-order valence-electron chi connectivity index (χ4n) is 3.15. The number of aromatic nitrogens is 2. The molecule has 0 aliphatic carbocycles. The van der Waals surface area contributed by atoms with E-state index in [0.29, 0.717) is 6.54 Å². The van der Waals surface area contributed by atoms with Crippen molar-refractivity contribution in [1.29, 1.82) is 0 Å². The van der Waals surface area contributed by atoms with Crippen molar-refractivity contribution in [3.63, 3.8) is 0 Å². The van der Waals surface area contributed by atoms with Crippen LogP contribution in [0.3, 0.4) is 0 Å². The quantitative estimate of drug-likeness (QED) is 0.332. The fraction of sp³-hybridized carbons (Fsp3) is 0.524. The van der Waals surface area contributed by atoms with Crippen molar-refractivity contribution in [2.45, 2.75) is 41.2 Å². The van der Waals surface area contributed by atoms with E-state index < -0.39 is 0 Å². The summed E-state index contributed by atoms with van der Waals surface area (Å²) in [6.45, 7) is 14.8. The smallest absolute Gasteiger partial charge is 0.191 e. The Morgan fingerprint density at radius 3 is 2.50 bits per heavy atom. The first-order valence-electron chi connectivity index (χ1n) is 9.79. The van der Waals surface area contributed by atoms with Crippen LogP contribution in [0.5, 0.6) is 0 Å². The highest BCUT2D eigenvalue weighted by Crippen LogP contribution is 2.15. The van der Waals surface area contributed by atoms with Crippen LogP contribution in [-0.2, 0) is 13.6 Å². The molecular formula is C21H35IN6. The van der Waals surface area contributed by atoms with E-state index in [1.807, 2.05) is 18.7 Å². The molecule has 1 aromatic carbocycles. The van der Waals surface area contributed by atoms with Gasteiger partial charge in [-0.25, -0.2) is 4.99 Å². The average Bonchev–Trinajstić information content (AvgIpc) is 2.88. The minimum Gasteiger partial charge on any atom is -0.370 e. The van der Waals surface area contributed by atoms with Gasteiger partial charge in [-0.05, 0) is 52.3 Å². The molecule has 0 aliphatic rings. The van der Waals surface area contributed by atoms with Crippen molar-refractivity contribution in [3.05, 3.63) is 46.8 Å². The predicted octanol–water partition coefficient (Wildman–Crippen LogP) is 3.54. The first-order chi connectivity index (χ1) is 13.0. The first-order valence-corrected chi connectivity index (χ1v) is 9.79. The number of rotatable bonds is 8. The Bertz CT molecular complexity index is 768. The molecule has 7 heteroatoms. The maximum Gasteiger partial charge on any atom is 0.191 e. The first kappa shape index (κ1) is 24.3. The lowest BCUT2D eigenvalue weighted by atomic mass is 10.2.